The zero-order valence-electron chi connectivity index (χ0n) is 23.2. The molecule has 6 heteroatoms. The summed E-state index contributed by atoms with van der Waals surface area (Å²) in [6, 6.07) is 0. The molecule has 0 saturated heterocycles. The highest BCUT2D eigenvalue weighted by Crippen LogP contribution is 2.32. The number of rotatable bonds is 15. The molecule has 0 unspecified atom stereocenters. The molecule has 0 aliphatic carbocycles. The molecule has 2 N–H and O–H groups in total. The Morgan fingerprint density at radius 1 is 1.14 bits per heavy atom. The maximum Gasteiger partial charge on any atom is 0.146 e. The summed E-state index contributed by atoms with van der Waals surface area (Å²) in [5.74, 6) is -0.546. The molecular weight excluding hydrogens is 458 g/mol. The summed E-state index contributed by atoms with van der Waals surface area (Å²) < 4.78 is 0. The quantitative estimate of drug-likeness (QED) is 0.263. The van der Waals surface area contributed by atoms with E-state index >= 15 is 0 Å². The zero-order chi connectivity index (χ0) is 26.9. The van der Waals surface area contributed by atoms with Gasteiger partial charge in [0.05, 0.1) is 28.3 Å². The second-order valence-electron chi connectivity index (χ2n) is 11.0. The van der Waals surface area contributed by atoms with Crippen molar-refractivity contribution in [1.29, 1.82) is 0 Å². The van der Waals surface area contributed by atoms with E-state index in [1.54, 1.807) is 32.1 Å². The van der Waals surface area contributed by atoms with Crippen molar-refractivity contribution in [2.45, 2.75) is 107 Å². The molecule has 1 heterocycles. The van der Waals surface area contributed by atoms with Crippen molar-refractivity contribution in [2.24, 2.45) is 23.2 Å². The lowest BCUT2D eigenvalue weighted by molar-refractivity contribution is -0.142. The summed E-state index contributed by atoms with van der Waals surface area (Å²) in [7, 11) is 0. The van der Waals surface area contributed by atoms with Gasteiger partial charge in [-0.25, -0.2) is 4.98 Å². The number of nitrogens with zero attached hydrogens (tertiary/aromatic N) is 1. The van der Waals surface area contributed by atoms with E-state index in [2.05, 4.69) is 43.3 Å². The number of ketones is 2. The van der Waals surface area contributed by atoms with Crippen molar-refractivity contribution in [1.82, 2.24) is 4.98 Å². The Labute approximate surface area is 216 Å². The van der Waals surface area contributed by atoms with Crippen LogP contribution < -0.4 is 0 Å². The lowest BCUT2D eigenvalue weighted by Crippen LogP contribution is -2.45. The van der Waals surface area contributed by atoms with Crippen LogP contribution >= 0.6 is 11.3 Å². The van der Waals surface area contributed by atoms with Crippen LogP contribution in [0.3, 0.4) is 0 Å². The average Bonchev–Trinajstić information content (AvgIpc) is 3.19. The molecule has 0 spiro atoms. The standard InChI is InChI=1S/C29H47NO4S/c1-18(13-14-19(2)21(4)15-25-17-35-24(7)30-25)11-10-12-20(3)27(33)23(6)28(34)29(8,9)26(32)16-22(5)31/h13,15,17,19-20,23,26-27,32-33H,10-12,14,16H2,1-9H3/b18-13-,21-15+/t19-,20-,23+,26-,27-/m0/s1. The predicted octanol–water partition coefficient (Wildman–Crippen LogP) is 6.57. The molecule has 5 nitrogen and oxygen atoms in total. The van der Waals surface area contributed by atoms with E-state index in [0.717, 1.165) is 36.4 Å². The highest BCUT2D eigenvalue weighted by Gasteiger charge is 2.41. The normalized spacial score (nSPS) is 17.6. The predicted molar refractivity (Wildman–Crippen MR) is 146 cm³/mol. The minimum Gasteiger partial charge on any atom is -0.392 e. The maximum atomic E-state index is 13.0. The van der Waals surface area contributed by atoms with Crippen molar-refractivity contribution in [3.05, 3.63) is 33.3 Å². The van der Waals surface area contributed by atoms with Gasteiger partial charge in [0, 0.05) is 17.7 Å². The van der Waals surface area contributed by atoms with Crippen LogP contribution in [0.15, 0.2) is 22.6 Å². The topological polar surface area (TPSA) is 87.5 Å². The Bertz CT molecular complexity index is 898. The Kier molecular flexibility index (Phi) is 12.7. The van der Waals surface area contributed by atoms with Crippen LogP contribution in [0, 0.1) is 30.1 Å². The first kappa shape index (κ1) is 31.4. The van der Waals surface area contributed by atoms with Crippen LogP contribution in [0.4, 0.5) is 0 Å². The van der Waals surface area contributed by atoms with Crippen molar-refractivity contribution in [2.75, 3.05) is 0 Å². The number of hydrogen-bond donors (Lipinski definition) is 2. The third kappa shape index (κ3) is 10.1. The Morgan fingerprint density at radius 2 is 1.77 bits per heavy atom. The number of carbonyl (C=O) groups is 2. The molecule has 198 valence electrons. The van der Waals surface area contributed by atoms with Gasteiger partial charge in [0.25, 0.3) is 0 Å². The van der Waals surface area contributed by atoms with Gasteiger partial charge in [-0.3, -0.25) is 9.59 Å². The van der Waals surface area contributed by atoms with Crippen molar-refractivity contribution >= 4 is 29.0 Å². The van der Waals surface area contributed by atoms with Gasteiger partial charge in [-0.15, -0.1) is 11.3 Å². The van der Waals surface area contributed by atoms with Crippen molar-refractivity contribution < 1.29 is 19.8 Å². The van der Waals surface area contributed by atoms with E-state index in [1.165, 1.54) is 18.1 Å². The van der Waals surface area contributed by atoms with Gasteiger partial charge in [-0.05, 0) is 71.3 Å². The fourth-order valence-corrected chi connectivity index (χ4v) is 4.86. The molecule has 0 aromatic carbocycles. The molecule has 1 rings (SSSR count). The van der Waals surface area contributed by atoms with Crippen molar-refractivity contribution in [3.63, 3.8) is 0 Å². The van der Waals surface area contributed by atoms with Gasteiger partial charge >= 0.3 is 0 Å². The highest BCUT2D eigenvalue weighted by molar-refractivity contribution is 7.09. The lowest BCUT2D eigenvalue weighted by Gasteiger charge is -2.34. The second kappa shape index (κ2) is 14.2. The number of hydrogen-bond acceptors (Lipinski definition) is 6. The number of aliphatic hydroxyl groups is 2. The van der Waals surface area contributed by atoms with E-state index in [1.807, 2.05) is 13.8 Å². The number of aromatic nitrogens is 1. The number of carbonyl (C=O) groups excluding carboxylic acids is 2. The van der Waals surface area contributed by atoms with E-state index in [9.17, 15) is 19.8 Å². The molecule has 0 bridgehead atoms. The number of allylic oxidation sites excluding steroid dienone is 3. The lowest BCUT2D eigenvalue weighted by atomic mass is 9.72. The molecule has 0 amide bonds. The third-order valence-electron chi connectivity index (χ3n) is 7.30. The molecule has 0 aliphatic rings. The zero-order valence-corrected chi connectivity index (χ0v) is 24.0. The van der Waals surface area contributed by atoms with Gasteiger partial charge in [0.2, 0.25) is 0 Å². The van der Waals surface area contributed by atoms with E-state index in [-0.39, 0.29) is 23.9 Å². The summed E-state index contributed by atoms with van der Waals surface area (Å²) in [5.41, 5.74) is 2.63. The van der Waals surface area contributed by atoms with Gasteiger partial charge < -0.3 is 10.2 Å². The molecule has 0 saturated carbocycles. The number of Topliss-reactive ketones (excluding diaryl/α,β-unsaturated/α-hetero) is 2. The molecule has 1 aromatic heterocycles. The SMILES string of the molecule is CC(=O)C[C@H](O)C(C)(C)C(=O)[C@H](C)[C@@H](O)[C@@H](C)CCC/C(C)=C\C[C@H](C)/C(C)=C/c1csc(C)n1. The molecule has 5 atom stereocenters. The first-order valence-electron chi connectivity index (χ1n) is 12.8. The molecular formula is C29H47NO4S. The average molecular weight is 506 g/mol. The van der Waals surface area contributed by atoms with Crippen LogP contribution in [-0.2, 0) is 9.59 Å². The van der Waals surface area contributed by atoms with E-state index in [4.69, 9.17) is 0 Å². The summed E-state index contributed by atoms with van der Waals surface area (Å²) >= 11 is 1.67. The fraction of sp³-hybridized carbons (Fsp3) is 0.690. The Hall–Kier alpha value is -1.63. The van der Waals surface area contributed by atoms with Crippen LogP contribution in [0.2, 0.25) is 0 Å². The Morgan fingerprint density at radius 3 is 2.31 bits per heavy atom. The molecule has 0 fully saturated rings. The summed E-state index contributed by atoms with van der Waals surface area (Å²) in [5, 5.41) is 24.3. The van der Waals surface area contributed by atoms with E-state index in [0.29, 0.717) is 5.92 Å². The first-order valence-corrected chi connectivity index (χ1v) is 13.7. The van der Waals surface area contributed by atoms with Gasteiger partial charge in [0.15, 0.2) is 0 Å². The molecule has 1 aromatic rings. The summed E-state index contributed by atoms with van der Waals surface area (Å²) in [4.78, 5) is 28.9. The third-order valence-corrected chi connectivity index (χ3v) is 8.09. The highest BCUT2D eigenvalue weighted by atomic mass is 32.1. The largest absolute Gasteiger partial charge is 0.392 e. The van der Waals surface area contributed by atoms with Gasteiger partial charge in [-0.1, -0.05) is 51.8 Å². The van der Waals surface area contributed by atoms with Gasteiger partial charge in [0.1, 0.15) is 11.6 Å². The Balaban J connectivity index is 2.54. The summed E-state index contributed by atoms with van der Waals surface area (Å²) in [6.45, 7) is 17.0. The van der Waals surface area contributed by atoms with Crippen LogP contribution in [0.1, 0.15) is 98.2 Å². The minimum absolute atomic E-state index is 0.0341. The summed E-state index contributed by atoms with van der Waals surface area (Å²) in [6.07, 6.45) is 6.30. The van der Waals surface area contributed by atoms with Gasteiger partial charge in [-0.2, -0.15) is 0 Å². The van der Waals surface area contributed by atoms with Crippen LogP contribution in [0.25, 0.3) is 6.08 Å². The van der Waals surface area contributed by atoms with Crippen molar-refractivity contribution in [3.8, 4) is 0 Å². The molecule has 0 aliphatic heterocycles. The fourth-order valence-electron chi connectivity index (χ4n) is 4.29. The van der Waals surface area contributed by atoms with Crippen LogP contribution in [0.5, 0.6) is 0 Å². The van der Waals surface area contributed by atoms with Crippen LogP contribution in [-0.4, -0.2) is 39.0 Å². The second-order valence-corrected chi connectivity index (χ2v) is 12.1. The molecule has 0 radical (unpaired) electrons. The maximum absolute atomic E-state index is 13.0. The number of thiazole rings is 1. The smallest absolute Gasteiger partial charge is 0.146 e. The minimum atomic E-state index is -1.08. The number of aryl methyl sites for hydroxylation is 1. The molecule has 35 heavy (non-hydrogen) atoms. The monoisotopic (exact) mass is 505 g/mol. The first-order chi connectivity index (χ1) is 16.2. The number of aliphatic hydroxyl groups excluding tert-OH is 2. The van der Waals surface area contributed by atoms with E-state index < -0.39 is 23.5 Å².